The molecule has 0 fully saturated rings. The summed E-state index contributed by atoms with van der Waals surface area (Å²) in [5.74, 6) is -0.313. The molecule has 0 aliphatic heterocycles. The van der Waals surface area contributed by atoms with Crippen LogP contribution in [0.3, 0.4) is 0 Å². The molecule has 0 aliphatic carbocycles. The van der Waals surface area contributed by atoms with E-state index in [0.717, 1.165) is 0 Å². The first kappa shape index (κ1) is 12.4. The lowest BCUT2D eigenvalue weighted by Crippen LogP contribution is -2.13. The third kappa shape index (κ3) is 3.15. The average Bonchev–Trinajstić information content (AvgIpc) is 2.16. The summed E-state index contributed by atoms with van der Waals surface area (Å²) in [6, 6.07) is -0.150. The normalized spacial score (nSPS) is 11.4. The van der Waals surface area contributed by atoms with E-state index in [9.17, 15) is 8.42 Å². The third-order valence-corrected chi connectivity index (χ3v) is 3.44. The van der Waals surface area contributed by atoms with Gasteiger partial charge in [-0.3, -0.25) is 0 Å². The second kappa shape index (κ2) is 4.91. The van der Waals surface area contributed by atoms with E-state index in [-0.39, 0.29) is 22.9 Å². The number of rotatable bonds is 4. The molecule has 0 spiro atoms. The Hall–Kier alpha value is -0.660. The Bertz CT molecular complexity index is 451. The van der Waals surface area contributed by atoms with Crippen LogP contribution < -0.4 is 4.74 Å². The van der Waals surface area contributed by atoms with Gasteiger partial charge in [0.2, 0.25) is 15.1 Å². The molecule has 0 N–H and O–H groups in total. The van der Waals surface area contributed by atoms with Gasteiger partial charge in [0.05, 0.1) is 12.9 Å². The number of hydrogen-bond acceptors (Lipinski definition) is 6. The minimum atomic E-state index is -3.62. The summed E-state index contributed by atoms with van der Waals surface area (Å²) in [5.41, 5.74) is 0. The smallest absolute Gasteiger partial charge is 0.321 e. The maximum absolute atomic E-state index is 11.5. The standard InChI is InChI=1S/C6H7Cl2N3O3S/c1-14-5-9-4(8)10-6(11-5)15(12,13)3-2-7/h2-3H2,1H3. The molecule has 0 aliphatic rings. The molecule has 15 heavy (non-hydrogen) atoms. The van der Waals surface area contributed by atoms with Gasteiger partial charge in [-0.1, -0.05) is 0 Å². The van der Waals surface area contributed by atoms with Crippen molar-refractivity contribution in [2.24, 2.45) is 0 Å². The predicted octanol–water partition coefficient (Wildman–Crippen LogP) is 0.546. The summed E-state index contributed by atoms with van der Waals surface area (Å²) in [5, 5.41) is -0.671. The zero-order valence-corrected chi connectivity index (χ0v) is 9.97. The van der Waals surface area contributed by atoms with Gasteiger partial charge in [0.25, 0.3) is 5.16 Å². The van der Waals surface area contributed by atoms with E-state index in [1.807, 2.05) is 0 Å². The minimum Gasteiger partial charge on any atom is -0.467 e. The maximum atomic E-state index is 11.5. The molecule has 1 aromatic heterocycles. The average molecular weight is 272 g/mol. The lowest BCUT2D eigenvalue weighted by molar-refractivity contribution is 0.371. The monoisotopic (exact) mass is 271 g/mol. The summed E-state index contributed by atoms with van der Waals surface area (Å²) in [7, 11) is -2.33. The number of hydrogen-bond donors (Lipinski definition) is 0. The first-order chi connectivity index (χ1) is 6.99. The van der Waals surface area contributed by atoms with Crippen LogP contribution in [-0.4, -0.2) is 42.1 Å². The molecule has 0 unspecified atom stereocenters. The zero-order chi connectivity index (χ0) is 11.5. The van der Waals surface area contributed by atoms with Gasteiger partial charge in [0.15, 0.2) is 0 Å². The fraction of sp³-hybridized carbons (Fsp3) is 0.500. The highest BCUT2D eigenvalue weighted by Gasteiger charge is 2.19. The molecule has 0 saturated heterocycles. The Morgan fingerprint density at radius 3 is 2.53 bits per heavy atom. The molecule has 0 atom stereocenters. The second-order valence-electron chi connectivity index (χ2n) is 2.38. The molecular weight excluding hydrogens is 265 g/mol. The lowest BCUT2D eigenvalue weighted by Gasteiger charge is -2.02. The van der Waals surface area contributed by atoms with Crippen LogP contribution in [0.15, 0.2) is 5.16 Å². The van der Waals surface area contributed by atoms with Crippen molar-refractivity contribution in [3.63, 3.8) is 0 Å². The Morgan fingerprint density at radius 1 is 1.33 bits per heavy atom. The highest BCUT2D eigenvalue weighted by atomic mass is 35.5. The Balaban J connectivity index is 3.20. The summed E-state index contributed by atoms with van der Waals surface area (Å²) < 4.78 is 27.7. The summed E-state index contributed by atoms with van der Waals surface area (Å²) in [4.78, 5) is 10.6. The quantitative estimate of drug-likeness (QED) is 0.744. The van der Waals surface area contributed by atoms with Crippen LogP contribution in [0.2, 0.25) is 5.28 Å². The van der Waals surface area contributed by atoms with Crippen LogP contribution in [0.5, 0.6) is 6.01 Å². The van der Waals surface area contributed by atoms with Gasteiger partial charge in [0, 0.05) is 5.88 Å². The highest BCUT2D eigenvalue weighted by Crippen LogP contribution is 2.12. The van der Waals surface area contributed by atoms with Crippen LogP contribution >= 0.6 is 23.2 Å². The van der Waals surface area contributed by atoms with Crippen molar-refractivity contribution >= 4 is 33.0 Å². The van der Waals surface area contributed by atoms with Crippen molar-refractivity contribution in [2.75, 3.05) is 18.7 Å². The first-order valence-corrected chi connectivity index (χ1v) is 6.30. The lowest BCUT2D eigenvalue weighted by atomic mass is 11.0. The Kier molecular flexibility index (Phi) is 4.06. The van der Waals surface area contributed by atoms with Crippen molar-refractivity contribution in [3.05, 3.63) is 5.28 Å². The van der Waals surface area contributed by atoms with E-state index in [2.05, 4.69) is 19.7 Å². The van der Waals surface area contributed by atoms with Crippen LogP contribution in [-0.2, 0) is 9.84 Å². The van der Waals surface area contributed by atoms with Gasteiger partial charge in [-0.15, -0.1) is 11.6 Å². The molecule has 84 valence electrons. The summed E-state index contributed by atoms with van der Waals surface area (Å²) >= 11 is 10.8. The number of nitrogens with zero attached hydrogens (tertiary/aromatic N) is 3. The van der Waals surface area contributed by atoms with Crippen LogP contribution in [0.4, 0.5) is 0 Å². The van der Waals surface area contributed by atoms with Crippen molar-refractivity contribution in [1.82, 2.24) is 15.0 Å². The van der Waals surface area contributed by atoms with Gasteiger partial charge in [-0.25, -0.2) is 8.42 Å². The minimum absolute atomic E-state index is 0.0477. The van der Waals surface area contributed by atoms with Gasteiger partial charge in [0.1, 0.15) is 0 Å². The molecule has 0 amide bonds. The van der Waals surface area contributed by atoms with Crippen molar-refractivity contribution in [3.8, 4) is 6.01 Å². The van der Waals surface area contributed by atoms with Crippen LogP contribution in [0.1, 0.15) is 0 Å². The number of alkyl halides is 1. The van der Waals surface area contributed by atoms with Crippen molar-refractivity contribution < 1.29 is 13.2 Å². The molecule has 0 radical (unpaired) electrons. The molecular formula is C6H7Cl2N3O3S. The van der Waals surface area contributed by atoms with E-state index >= 15 is 0 Å². The fourth-order valence-electron chi connectivity index (χ4n) is 0.738. The van der Waals surface area contributed by atoms with Crippen LogP contribution in [0, 0.1) is 0 Å². The van der Waals surface area contributed by atoms with E-state index in [1.165, 1.54) is 7.11 Å². The molecule has 1 rings (SSSR count). The molecule has 0 saturated carbocycles. The number of aromatic nitrogens is 3. The molecule has 9 heteroatoms. The highest BCUT2D eigenvalue weighted by molar-refractivity contribution is 7.91. The molecule has 0 aromatic carbocycles. The van der Waals surface area contributed by atoms with Crippen molar-refractivity contribution in [1.29, 1.82) is 0 Å². The van der Waals surface area contributed by atoms with E-state index in [1.54, 1.807) is 0 Å². The Morgan fingerprint density at radius 2 is 2.00 bits per heavy atom. The van der Waals surface area contributed by atoms with Gasteiger partial charge >= 0.3 is 6.01 Å². The first-order valence-electron chi connectivity index (χ1n) is 3.74. The number of halogens is 2. The largest absolute Gasteiger partial charge is 0.467 e. The van der Waals surface area contributed by atoms with E-state index < -0.39 is 15.0 Å². The van der Waals surface area contributed by atoms with Crippen molar-refractivity contribution in [2.45, 2.75) is 5.16 Å². The molecule has 0 bridgehead atoms. The van der Waals surface area contributed by atoms with Gasteiger partial charge in [-0.05, 0) is 11.6 Å². The summed E-state index contributed by atoms with van der Waals surface area (Å²) in [6.07, 6.45) is 0. The number of methoxy groups -OCH3 is 1. The predicted molar refractivity (Wildman–Crippen MR) is 54.2 cm³/mol. The Labute approximate surface area is 96.5 Å². The number of ether oxygens (including phenoxy) is 1. The third-order valence-electron chi connectivity index (χ3n) is 1.37. The zero-order valence-electron chi connectivity index (χ0n) is 7.64. The molecule has 6 nitrogen and oxygen atoms in total. The number of sulfone groups is 1. The van der Waals surface area contributed by atoms with Gasteiger partial charge < -0.3 is 4.74 Å². The topological polar surface area (TPSA) is 82.0 Å². The summed E-state index contributed by atoms with van der Waals surface area (Å²) in [6.45, 7) is 0. The fourth-order valence-corrected chi connectivity index (χ4v) is 2.38. The molecule has 1 aromatic rings. The maximum Gasteiger partial charge on any atom is 0.321 e. The van der Waals surface area contributed by atoms with Crippen LogP contribution in [0.25, 0.3) is 0 Å². The van der Waals surface area contributed by atoms with Gasteiger partial charge in [-0.2, -0.15) is 15.0 Å². The van der Waals surface area contributed by atoms with E-state index in [0.29, 0.717) is 0 Å². The van der Waals surface area contributed by atoms with E-state index in [4.69, 9.17) is 23.2 Å². The second-order valence-corrected chi connectivity index (χ2v) is 5.10. The SMILES string of the molecule is COc1nc(Cl)nc(S(=O)(=O)CCCl)n1. The molecule has 1 heterocycles.